The average Bonchev–Trinajstić information content (AvgIpc) is 3.44. The van der Waals surface area contributed by atoms with E-state index in [2.05, 4.69) is 70.7 Å². The van der Waals surface area contributed by atoms with Crippen molar-refractivity contribution in [1.29, 1.82) is 0 Å². The lowest BCUT2D eigenvalue weighted by molar-refractivity contribution is 0.102. The number of benzene rings is 2. The number of carbonyl (C=O) groups excluding carboxylic acids is 1. The van der Waals surface area contributed by atoms with Crippen LogP contribution in [0.5, 0.6) is 0 Å². The molecule has 5 aromatic rings. The highest BCUT2D eigenvalue weighted by Crippen LogP contribution is 2.24. The van der Waals surface area contributed by atoms with Crippen molar-refractivity contribution < 1.29 is 4.79 Å². The SMILES string of the molecule is Cc1c(C(=O)Nc2ccnn2Cc2ccc(C(C)(C)C)cc2)nnn1-c1cccc2ncccc12. The molecule has 1 N–H and O–H groups in total. The Balaban J connectivity index is 1.36. The second-order valence-electron chi connectivity index (χ2n) is 9.56. The van der Waals surface area contributed by atoms with Crippen molar-refractivity contribution in [2.24, 2.45) is 0 Å². The summed E-state index contributed by atoms with van der Waals surface area (Å²) in [6, 6.07) is 19.9. The van der Waals surface area contributed by atoms with Crippen LogP contribution in [0.15, 0.2) is 73.1 Å². The highest BCUT2D eigenvalue weighted by Gasteiger charge is 2.20. The molecule has 8 heteroatoms. The Labute approximate surface area is 203 Å². The van der Waals surface area contributed by atoms with E-state index in [0.717, 1.165) is 22.2 Å². The second kappa shape index (κ2) is 8.79. The van der Waals surface area contributed by atoms with Crippen LogP contribution in [0.2, 0.25) is 0 Å². The third kappa shape index (κ3) is 4.42. The maximum atomic E-state index is 13.1. The van der Waals surface area contributed by atoms with Crippen molar-refractivity contribution >= 4 is 22.6 Å². The van der Waals surface area contributed by atoms with Crippen LogP contribution >= 0.6 is 0 Å². The first-order chi connectivity index (χ1) is 16.8. The average molecular weight is 466 g/mol. The Morgan fingerprint density at radius 2 is 1.77 bits per heavy atom. The van der Waals surface area contributed by atoms with Crippen LogP contribution in [0.4, 0.5) is 5.82 Å². The van der Waals surface area contributed by atoms with E-state index in [9.17, 15) is 4.79 Å². The first kappa shape index (κ1) is 22.5. The number of amides is 1. The van der Waals surface area contributed by atoms with E-state index in [4.69, 9.17) is 0 Å². The van der Waals surface area contributed by atoms with Gasteiger partial charge in [0.15, 0.2) is 5.69 Å². The number of carbonyl (C=O) groups is 1. The molecule has 0 bridgehead atoms. The van der Waals surface area contributed by atoms with Crippen LogP contribution in [0.3, 0.4) is 0 Å². The summed E-state index contributed by atoms with van der Waals surface area (Å²) in [7, 11) is 0. The summed E-state index contributed by atoms with van der Waals surface area (Å²) in [6.07, 6.45) is 3.42. The number of hydrogen-bond donors (Lipinski definition) is 1. The summed E-state index contributed by atoms with van der Waals surface area (Å²) in [6.45, 7) is 8.95. The van der Waals surface area contributed by atoms with E-state index < -0.39 is 0 Å². The topological polar surface area (TPSA) is 90.5 Å². The Hall–Kier alpha value is -4.33. The summed E-state index contributed by atoms with van der Waals surface area (Å²) < 4.78 is 3.44. The summed E-state index contributed by atoms with van der Waals surface area (Å²) in [5.41, 5.74) is 5.05. The van der Waals surface area contributed by atoms with Gasteiger partial charge in [-0.25, -0.2) is 9.36 Å². The lowest BCUT2D eigenvalue weighted by atomic mass is 9.87. The minimum Gasteiger partial charge on any atom is -0.305 e. The molecule has 176 valence electrons. The maximum Gasteiger partial charge on any atom is 0.279 e. The molecule has 0 aliphatic carbocycles. The van der Waals surface area contributed by atoms with Gasteiger partial charge in [0.05, 0.1) is 29.6 Å². The Morgan fingerprint density at radius 1 is 0.971 bits per heavy atom. The number of hydrogen-bond acceptors (Lipinski definition) is 5. The quantitative estimate of drug-likeness (QED) is 0.398. The van der Waals surface area contributed by atoms with Crippen molar-refractivity contribution in [3.63, 3.8) is 0 Å². The van der Waals surface area contributed by atoms with Crippen molar-refractivity contribution in [3.05, 3.63) is 95.6 Å². The van der Waals surface area contributed by atoms with E-state index in [1.807, 2.05) is 37.3 Å². The maximum absolute atomic E-state index is 13.1. The molecular weight excluding hydrogens is 438 g/mol. The molecule has 35 heavy (non-hydrogen) atoms. The fourth-order valence-electron chi connectivity index (χ4n) is 4.06. The van der Waals surface area contributed by atoms with Gasteiger partial charge in [-0.3, -0.25) is 9.78 Å². The van der Waals surface area contributed by atoms with Crippen LogP contribution in [0.25, 0.3) is 16.6 Å². The van der Waals surface area contributed by atoms with E-state index >= 15 is 0 Å². The minimum atomic E-state index is -0.336. The first-order valence-corrected chi connectivity index (χ1v) is 11.5. The van der Waals surface area contributed by atoms with E-state index in [0.29, 0.717) is 18.1 Å². The number of anilines is 1. The molecule has 0 atom stereocenters. The van der Waals surface area contributed by atoms with Gasteiger partial charge in [-0.05, 0) is 47.7 Å². The first-order valence-electron chi connectivity index (χ1n) is 11.5. The fraction of sp³-hybridized carbons (Fsp3) is 0.222. The molecule has 0 radical (unpaired) electrons. The summed E-state index contributed by atoms with van der Waals surface area (Å²) in [5.74, 6) is 0.259. The van der Waals surface area contributed by atoms with Crippen LogP contribution < -0.4 is 5.32 Å². The van der Waals surface area contributed by atoms with Crippen molar-refractivity contribution in [1.82, 2.24) is 29.8 Å². The zero-order chi connectivity index (χ0) is 24.6. The predicted octanol–water partition coefficient (Wildman–Crippen LogP) is 4.92. The molecule has 0 aliphatic heterocycles. The highest BCUT2D eigenvalue weighted by atomic mass is 16.2. The number of nitrogens with one attached hydrogen (secondary N) is 1. The molecule has 3 aromatic heterocycles. The van der Waals surface area contributed by atoms with Crippen LogP contribution in [-0.4, -0.2) is 35.7 Å². The molecule has 0 saturated carbocycles. The zero-order valence-corrected chi connectivity index (χ0v) is 20.2. The largest absolute Gasteiger partial charge is 0.305 e. The molecule has 0 aliphatic rings. The molecule has 2 aromatic carbocycles. The lowest BCUT2D eigenvalue weighted by Gasteiger charge is -2.19. The van der Waals surface area contributed by atoms with Gasteiger partial charge in [0.2, 0.25) is 0 Å². The van der Waals surface area contributed by atoms with Gasteiger partial charge < -0.3 is 5.32 Å². The molecule has 0 saturated heterocycles. The fourth-order valence-corrected chi connectivity index (χ4v) is 4.06. The van der Waals surface area contributed by atoms with E-state index in [1.165, 1.54) is 5.56 Å². The number of pyridine rings is 1. The third-order valence-electron chi connectivity index (χ3n) is 6.07. The standard InChI is InChI=1S/C27H27N7O/c1-18-25(31-32-34(18)23-9-5-8-22-21(23)7-6-15-28-22)26(35)30-24-14-16-29-33(24)17-19-10-12-20(13-11-19)27(2,3)4/h5-16H,17H2,1-4H3,(H,30,35). The van der Waals surface area contributed by atoms with Gasteiger partial charge >= 0.3 is 0 Å². The molecular formula is C27H27N7O. The van der Waals surface area contributed by atoms with E-state index in [1.54, 1.807) is 27.8 Å². The van der Waals surface area contributed by atoms with E-state index in [-0.39, 0.29) is 17.0 Å². The molecule has 5 rings (SSSR count). The van der Waals surface area contributed by atoms with Gasteiger partial charge in [-0.2, -0.15) is 5.10 Å². The lowest BCUT2D eigenvalue weighted by Crippen LogP contribution is -2.18. The van der Waals surface area contributed by atoms with Gasteiger partial charge in [-0.1, -0.05) is 56.3 Å². The second-order valence-corrected chi connectivity index (χ2v) is 9.56. The van der Waals surface area contributed by atoms with Gasteiger partial charge in [-0.15, -0.1) is 5.10 Å². The zero-order valence-electron chi connectivity index (χ0n) is 20.2. The molecule has 0 spiro atoms. The van der Waals surface area contributed by atoms with Crippen molar-refractivity contribution in [2.75, 3.05) is 5.32 Å². The molecule has 8 nitrogen and oxygen atoms in total. The van der Waals surface area contributed by atoms with Gasteiger partial charge in [0.1, 0.15) is 5.82 Å². The Kier molecular flexibility index (Phi) is 5.64. The summed E-state index contributed by atoms with van der Waals surface area (Å²) in [4.78, 5) is 17.5. The van der Waals surface area contributed by atoms with Crippen LogP contribution in [-0.2, 0) is 12.0 Å². The molecule has 0 unspecified atom stereocenters. The number of rotatable bonds is 5. The Morgan fingerprint density at radius 3 is 2.54 bits per heavy atom. The smallest absolute Gasteiger partial charge is 0.279 e. The molecule has 1 amide bonds. The normalized spacial score (nSPS) is 11.7. The minimum absolute atomic E-state index is 0.0984. The number of nitrogens with zero attached hydrogens (tertiary/aromatic N) is 6. The predicted molar refractivity (Wildman–Crippen MR) is 136 cm³/mol. The molecule has 0 fully saturated rings. The number of aromatic nitrogens is 6. The van der Waals surface area contributed by atoms with Gasteiger partial charge in [0.25, 0.3) is 5.91 Å². The summed E-state index contributed by atoms with van der Waals surface area (Å²) in [5, 5.41) is 16.7. The number of fused-ring (bicyclic) bond motifs is 1. The third-order valence-corrected chi connectivity index (χ3v) is 6.07. The monoisotopic (exact) mass is 465 g/mol. The Bertz CT molecular complexity index is 1500. The van der Waals surface area contributed by atoms with Gasteiger partial charge in [0, 0.05) is 17.6 Å². The summed E-state index contributed by atoms with van der Waals surface area (Å²) >= 11 is 0. The van der Waals surface area contributed by atoms with Crippen molar-refractivity contribution in [3.8, 4) is 5.69 Å². The molecule has 3 heterocycles. The van der Waals surface area contributed by atoms with Crippen molar-refractivity contribution in [2.45, 2.75) is 39.7 Å². The van der Waals surface area contributed by atoms with Crippen LogP contribution in [0, 0.1) is 6.92 Å². The van der Waals surface area contributed by atoms with Crippen LogP contribution in [0.1, 0.15) is 48.1 Å². The highest BCUT2D eigenvalue weighted by molar-refractivity contribution is 6.03.